The van der Waals surface area contributed by atoms with E-state index in [0.29, 0.717) is 6.04 Å². The Kier molecular flexibility index (Phi) is 4.34. The maximum atomic E-state index is 4.41. The molecule has 0 fully saturated rings. The van der Waals surface area contributed by atoms with Crippen LogP contribution in [-0.4, -0.2) is 22.6 Å². The molecule has 4 heteroatoms. The van der Waals surface area contributed by atoms with Crippen LogP contribution < -0.4 is 5.32 Å². The summed E-state index contributed by atoms with van der Waals surface area (Å²) >= 11 is 1.74. The molecule has 2 rings (SSSR count). The minimum absolute atomic E-state index is 0.563. The number of aryl methyl sites for hydroxylation is 1. The Morgan fingerprint density at radius 1 is 1.47 bits per heavy atom. The molecule has 92 valence electrons. The minimum atomic E-state index is 0.563. The molecule has 3 nitrogen and oxygen atoms in total. The van der Waals surface area contributed by atoms with Gasteiger partial charge in [0, 0.05) is 12.5 Å². The predicted octanol–water partition coefficient (Wildman–Crippen LogP) is 3.07. The Morgan fingerprint density at radius 3 is 3.06 bits per heavy atom. The molecule has 0 saturated carbocycles. The second-order valence-electron chi connectivity index (χ2n) is 4.43. The van der Waals surface area contributed by atoms with Gasteiger partial charge in [-0.25, -0.2) is 4.98 Å². The first-order valence-electron chi connectivity index (χ1n) is 6.07. The highest BCUT2D eigenvalue weighted by molar-refractivity contribution is 7.13. The number of H-pyrrole nitrogens is 1. The van der Waals surface area contributed by atoms with Gasteiger partial charge in [-0.05, 0) is 24.4 Å². The van der Waals surface area contributed by atoms with Gasteiger partial charge < -0.3 is 10.3 Å². The lowest BCUT2D eigenvalue weighted by atomic mass is 10.3. The quantitative estimate of drug-likeness (QED) is 0.772. The van der Waals surface area contributed by atoms with E-state index in [1.807, 2.05) is 6.20 Å². The molecule has 2 heterocycles. The van der Waals surface area contributed by atoms with Crippen LogP contribution in [0.3, 0.4) is 0 Å². The first kappa shape index (κ1) is 12.3. The van der Waals surface area contributed by atoms with Crippen LogP contribution in [0, 0.1) is 0 Å². The fraction of sp³-hybridized carbons (Fsp3) is 0.462. The van der Waals surface area contributed by atoms with E-state index < -0.39 is 0 Å². The summed E-state index contributed by atoms with van der Waals surface area (Å²) in [6.07, 6.45) is 4.05. The maximum Gasteiger partial charge on any atom is 0.106 e. The van der Waals surface area contributed by atoms with Crippen molar-refractivity contribution in [3.63, 3.8) is 0 Å². The van der Waals surface area contributed by atoms with Gasteiger partial charge in [-0.3, -0.25) is 0 Å². The fourth-order valence-corrected chi connectivity index (χ4v) is 2.38. The Hall–Kier alpha value is -1.13. The molecule has 0 aromatic carbocycles. The Bertz CT molecular complexity index is 431. The van der Waals surface area contributed by atoms with Crippen LogP contribution in [0.4, 0.5) is 0 Å². The molecule has 0 aliphatic heterocycles. The molecule has 0 aliphatic rings. The van der Waals surface area contributed by atoms with Gasteiger partial charge in [0.05, 0.1) is 16.8 Å². The van der Waals surface area contributed by atoms with Crippen molar-refractivity contribution in [3.8, 4) is 10.6 Å². The molecule has 0 bridgehead atoms. The zero-order chi connectivity index (χ0) is 12.1. The molecule has 0 unspecified atom stereocenters. The number of nitrogens with zero attached hydrogens (tertiary/aromatic N) is 1. The van der Waals surface area contributed by atoms with E-state index in [4.69, 9.17) is 0 Å². The lowest BCUT2D eigenvalue weighted by Gasteiger charge is -2.06. The van der Waals surface area contributed by atoms with Crippen LogP contribution >= 0.6 is 11.3 Å². The SMILES string of the molecule is CC(C)NCCCc1ncc(-c2cccs2)[nH]1. The topological polar surface area (TPSA) is 40.7 Å². The van der Waals surface area contributed by atoms with Crippen molar-refractivity contribution in [2.75, 3.05) is 6.54 Å². The van der Waals surface area contributed by atoms with E-state index in [1.54, 1.807) is 11.3 Å². The predicted molar refractivity (Wildman–Crippen MR) is 73.4 cm³/mol. The first-order valence-corrected chi connectivity index (χ1v) is 6.95. The number of aromatic amines is 1. The van der Waals surface area contributed by atoms with Gasteiger partial charge >= 0.3 is 0 Å². The van der Waals surface area contributed by atoms with Crippen LogP contribution in [0.2, 0.25) is 0 Å². The monoisotopic (exact) mass is 249 g/mol. The molecule has 0 saturated heterocycles. The summed E-state index contributed by atoms with van der Waals surface area (Å²) in [4.78, 5) is 9.04. The summed E-state index contributed by atoms with van der Waals surface area (Å²) in [5, 5.41) is 5.50. The van der Waals surface area contributed by atoms with Gasteiger partial charge in [-0.1, -0.05) is 19.9 Å². The standard InChI is InChI=1S/C13H19N3S/c1-10(2)14-7-3-6-13-15-9-11(16-13)12-5-4-8-17-12/h4-5,8-10,14H,3,6-7H2,1-2H3,(H,15,16). The van der Waals surface area contributed by atoms with Crippen molar-refractivity contribution in [3.05, 3.63) is 29.5 Å². The number of nitrogens with one attached hydrogen (secondary N) is 2. The maximum absolute atomic E-state index is 4.41. The van der Waals surface area contributed by atoms with Crippen molar-refractivity contribution in [1.82, 2.24) is 15.3 Å². The highest BCUT2D eigenvalue weighted by Gasteiger charge is 2.03. The molecular formula is C13H19N3S. The van der Waals surface area contributed by atoms with E-state index >= 15 is 0 Å². The Balaban J connectivity index is 1.83. The van der Waals surface area contributed by atoms with Gasteiger partial charge in [0.2, 0.25) is 0 Å². The molecule has 2 aromatic heterocycles. The fourth-order valence-electron chi connectivity index (χ4n) is 1.69. The minimum Gasteiger partial charge on any atom is -0.341 e. The molecule has 17 heavy (non-hydrogen) atoms. The molecule has 0 spiro atoms. The van der Waals surface area contributed by atoms with Gasteiger partial charge in [-0.15, -0.1) is 11.3 Å². The second-order valence-corrected chi connectivity index (χ2v) is 5.38. The molecule has 0 aliphatic carbocycles. The van der Waals surface area contributed by atoms with E-state index in [0.717, 1.165) is 30.9 Å². The lowest BCUT2D eigenvalue weighted by molar-refractivity contribution is 0.567. The Morgan fingerprint density at radius 2 is 2.35 bits per heavy atom. The molecule has 0 atom stereocenters. The third-order valence-electron chi connectivity index (χ3n) is 2.56. The van der Waals surface area contributed by atoms with Crippen LogP contribution in [0.1, 0.15) is 26.1 Å². The lowest BCUT2D eigenvalue weighted by Crippen LogP contribution is -2.24. The van der Waals surface area contributed by atoms with Crippen molar-refractivity contribution in [2.45, 2.75) is 32.7 Å². The van der Waals surface area contributed by atoms with Gasteiger partial charge in [0.25, 0.3) is 0 Å². The first-order chi connectivity index (χ1) is 8.25. The van der Waals surface area contributed by atoms with Crippen molar-refractivity contribution in [2.24, 2.45) is 0 Å². The second kappa shape index (κ2) is 5.98. The average molecular weight is 249 g/mol. The normalized spacial score (nSPS) is 11.2. The van der Waals surface area contributed by atoms with E-state index in [2.05, 4.69) is 46.6 Å². The van der Waals surface area contributed by atoms with E-state index in [9.17, 15) is 0 Å². The number of imidazole rings is 1. The molecular weight excluding hydrogens is 230 g/mol. The van der Waals surface area contributed by atoms with Crippen molar-refractivity contribution >= 4 is 11.3 Å². The number of rotatable bonds is 6. The highest BCUT2D eigenvalue weighted by atomic mass is 32.1. The van der Waals surface area contributed by atoms with Crippen LogP contribution in [-0.2, 0) is 6.42 Å². The number of thiophene rings is 1. The average Bonchev–Trinajstić information content (AvgIpc) is 2.94. The number of aromatic nitrogens is 2. The zero-order valence-electron chi connectivity index (χ0n) is 10.4. The summed E-state index contributed by atoms with van der Waals surface area (Å²) in [6, 6.07) is 4.74. The van der Waals surface area contributed by atoms with Crippen LogP contribution in [0.25, 0.3) is 10.6 Å². The molecule has 2 aromatic rings. The summed E-state index contributed by atoms with van der Waals surface area (Å²) in [5.74, 6) is 1.08. The third kappa shape index (κ3) is 3.68. The zero-order valence-corrected chi connectivity index (χ0v) is 11.2. The Labute approximate surface area is 106 Å². The number of hydrogen-bond acceptors (Lipinski definition) is 3. The molecule has 2 N–H and O–H groups in total. The van der Waals surface area contributed by atoms with Gasteiger partial charge in [0.15, 0.2) is 0 Å². The summed E-state index contributed by atoms with van der Waals surface area (Å²) < 4.78 is 0. The largest absolute Gasteiger partial charge is 0.341 e. The smallest absolute Gasteiger partial charge is 0.106 e. The number of hydrogen-bond donors (Lipinski definition) is 2. The molecule has 0 radical (unpaired) electrons. The van der Waals surface area contributed by atoms with Crippen molar-refractivity contribution < 1.29 is 0 Å². The van der Waals surface area contributed by atoms with Crippen molar-refractivity contribution in [1.29, 1.82) is 0 Å². The summed E-state index contributed by atoms with van der Waals surface area (Å²) in [5.41, 5.74) is 1.13. The van der Waals surface area contributed by atoms with Gasteiger partial charge in [-0.2, -0.15) is 0 Å². The van der Waals surface area contributed by atoms with E-state index in [-0.39, 0.29) is 0 Å². The van der Waals surface area contributed by atoms with E-state index in [1.165, 1.54) is 4.88 Å². The van der Waals surface area contributed by atoms with Crippen LogP contribution in [0.5, 0.6) is 0 Å². The highest BCUT2D eigenvalue weighted by Crippen LogP contribution is 2.22. The third-order valence-corrected chi connectivity index (χ3v) is 3.46. The summed E-state index contributed by atoms with van der Waals surface area (Å²) in [6.45, 7) is 5.39. The van der Waals surface area contributed by atoms with Crippen LogP contribution in [0.15, 0.2) is 23.7 Å². The van der Waals surface area contributed by atoms with Gasteiger partial charge in [0.1, 0.15) is 5.82 Å². The molecule has 0 amide bonds. The summed E-state index contributed by atoms with van der Waals surface area (Å²) in [7, 11) is 0.